The van der Waals surface area contributed by atoms with Gasteiger partial charge in [0.2, 0.25) is 0 Å². The summed E-state index contributed by atoms with van der Waals surface area (Å²) >= 11 is 0. The van der Waals surface area contributed by atoms with Crippen LogP contribution in [0.3, 0.4) is 0 Å². The number of allylic oxidation sites excluding steroid dienone is 8. The van der Waals surface area contributed by atoms with Gasteiger partial charge in [-0.15, -0.1) is 0 Å². The normalized spacial score (nSPS) is 23.5. The second kappa shape index (κ2) is 12.6. The highest BCUT2D eigenvalue weighted by molar-refractivity contribution is 6.28. The Bertz CT molecular complexity index is 2910. The molecule has 12 rings (SSSR count). The van der Waals surface area contributed by atoms with Crippen molar-refractivity contribution in [3.63, 3.8) is 0 Å². The highest BCUT2D eigenvalue weighted by Crippen LogP contribution is 2.54. The van der Waals surface area contributed by atoms with Crippen LogP contribution in [0.15, 0.2) is 182 Å². The number of rotatable bonds is 5. The zero-order chi connectivity index (χ0) is 37.7. The van der Waals surface area contributed by atoms with Crippen molar-refractivity contribution in [3.05, 3.63) is 215 Å². The fourth-order valence-electron chi connectivity index (χ4n) is 11.0. The summed E-state index contributed by atoms with van der Waals surface area (Å²) < 4.78 is 0. The molecule has 274 valence electrons. The van der Waals surface area contributed by atoms with Gasteiger partial charge in [0.25, 0.3) is 0 Å². The summed E-state index contributed by atoms with van der Waals surface area (Å²) in [4.78, 5) is 5.34. The molecule has 1 aliphatic heterocycles. The second-order valence-corrected chi connectivity index (χ2v) is 16.9. The first-order chi connectivity index (χ1) is 28.1. The molecule has 4 unspecified atom stereocenters. The van der Waals surface area contributed by atoms with Gasteiger partial charge in [0.05, 0.1) is 12.1 Å². The summed E-state index contributed by atoms with van der Waals surface area (Å²) in [6, 6.07) is 43.7. The average Bonchev–Trinajstić information content (AvgIpc) is 3.78. The molecule has 0 aromatic heterocycles. The summed E-state index contributed by atoms with van der Waals surface area (Å²) in [5.41, 5.74) is 16.3. The lowest BCUT2D eigenvalue weighted by Crippen LogP contribution is -2.37. The van der Waals surface area contributed by atoms with E-state index in [0.717, 1.165) is 25.7 Å². The first-order valence-electron chi connectivity index (χ1n) is 20.8. The average molecular weight is 733 g/mol. The molecule has 4 atom stereocenters. The maximum atomic E-state index is 2.70. The quantitative estimate of drug-likeness (QED) is 0.163. The van der Waals surface area contributed by atoms with E-state index in [9.17, 15) is 0 Å². The maximum absolute atomic E-state index is 2.70. The number of fused-ring (bicyclic) bond motifs is 9. The topological polar surface area (TPSA) is 6.48 Å². The highest BCUT2D eigenvalue weighted by atomic mass is 15.2. The molecule has 6 aromatic rings. The number of hydrogen-bond donors (Lipinski definition) is 0. The van der Waals surface area contributed by atoms with Gasteiger partial charge in [0.15, 0.2) is 0 Å². The van der Waals surface area contributed by atoms with Crippen molar-refractivity contribution in [2.24, 2.45) is 0 Å². The summed E-state index contributed by atoms with van der Waals surface area (Å²) in [7, 11) is 0. The lowest BCUT2D eigenvalue weighted by Gasteiger charge is -2.40. The van der Waals surface area contributed by atoms with Crippen LogP contribution in [0.5, 0.6) is 0 Å². The number of benzene rings is 6. The third-order valence-electron chi connectivity index (χ3n) is 13.6. The van der Waals surface area contributed by atoms with Crippen LogP contribution in [0, 0.1) is 0 Å². The summed E-state index contributed by atoms with van der Waals surface area (Å²) in [5, 5.41) is 5.38. The van der Waals surface area contributed by atoms with Crippen LogP contribution in [-0.2, 0) is 11.8 Å². The molecule has 2 heteroatoms. The Morgan fingerprint density at radius 1 is 0.737 bits per heavy atom. The van der Waals surface area contributed by atoms with Gasteiger partial charge in [-0.05, 0) is 122 Å². The van der Waals surface area contributed by atoms with Crippen molar-refractivity contribution in [2.75, 3.05) is 9.80 Å². The minimum Gasteiger partial charge on any atom is -0.334 e. The largest absolute Gasteiger partial charge is 0.334 e. The van der Waals surface area contributed by atoms with Gasteiger partial charge in [-0.25, -0.2) is 0 Å². The van der Waals surface area contributed by atoms with E-state index in [0.29, 0.717) is 0 Å². The Hall–Kier alpha value is -6.38. The predicted molar refractivity (Wildman–Crippen MR) is 241 cm³/mol. The number of para-hydroxylation sites is 2. The Labute approximate surface area is 335 Å². The molecule has 0 saturated heterocycles. The fourth-order valence-corrected chi connectivity index (χ4v) is 11.0. The van der Waals surface area contributed by atoms with Gasteiger partial charge in [-0.1, -0.05) is 159 Å². The van der Waals surface area contributed by atoms with Crippen LogP contribution in [0.2, 0.25) is 0 Å². The molecule has 6 aliphatic rings. The molecule has 0 fully saturated rings. The minimum atomic E-state index is -0.0637. The Morgan fingerprint density at radius 3 is 2.51 bits per heavy atom. The lowest BCUT2D eigenvalue weighted by molar-refractivity contribution is 0.596. The SMILES string of the molecule is CC1(c2ccccc2N2c3ccccc3C3C=C(N(c4cccc5c4CCC=C5)C4C=C5C(=CC4)c4cccc6cc7ccccc7c5c46)C=CC32)C=CC=CC1. The van der Waals surface area contributed by atoms with E-state index in [1.165, 1.54) is 88.8 Å². The molecular formula is C55H44N2. The Balaban J connectivity index is 1.01. The van der Waals surface area contributed by atoms with Crippen LogP contribution in [0.1, 0.15) is 65.5 Å². The molecule has 0 saturated carbocycles. The smallest absolute Gasteiger partial charge is 0.0631 e. The molecule has 0 amide bonds. The van der Waals surface area contributed by atoms with Crippen LogP contribution in [0.4, 0.5) is 17.1 Å². The standard InChI is InChI=1S/C55H44N2/c1-55(31-11-2-12-32-55)48-23-8-10-25-52(48)57-50-24-9-7-21-44(50)46-34-40(28-30-51(46)57)56(49-26-14-17-36-15-3-5-19-41(36)49)39-27-29-43-45-22-13-18-38-33-37-16-4-6-20-42(37)54(53(38)45)47(43)35-39/h2-4,6-18,20-26,28-31,33-35,39,46,51H,5,19,27,32H2,1H3. The molecular weight excluding hydrogens is 689 g/mol. The Morgan fingerprint density at radius 2 is 1.58 bits per heavy atom. The van der Waals surface area contributed by atoms with Crippen molar-refractivity contribution in [3.8, 4) is 0 Å². The second-order valence-electron chi connectivity index (χ2n) is 16.9. The summed E-state index contributed by atoms with van der Waals surface area (Å²) in [6.45, 7) is 2.39. The third-order valence-corrected chi connectivity index (χ3v) is 13.6. The van der Waals surface area contributed by atoms with Gasteiger partial charge >= 0.3 is 0 Å². The molecule has 0 N–H and O–H groups in total. The molecule has 0 bridgehead atoms. The van der Waals surface area contributed by atoms with Crippen molar-refractivity contribution in [2.45, 2.75) is 56.0 Å². The van der Waals surface area contributed by atoms with E-state index in [2.05, 4.69) is 199 Å². The monoisotopic (exact) mass is 732 g/mol. The van der Waals surface area contributed by atoms with Crippen LogP contribution in [0.25, 0.3) is 38.8 Å². The van der Waals surface area contributed by atoms with Crippen molar-refractivity contribution < 1.29 is 0 Å². The first-order valence-corrected chi connectivity index (χ1v) is 20.8. The zero-order valence-corrected chi connectivity index (χ0v) is 32.3. The van der Waals surface area contributed by atoms with Gasteiger partial charge in [-0.2, -0.15) is 0 Å². The van der Waals surface area contributed by atoms with E-state index in [1.54, 1.807) is 0 Å². The fraction of sp³-hybridized carbons (Fsp3) is 0.164. The highest BCUT2D eigenvalue weighted by Gasteiger charge is 2.42. The summed E-state index contributed by atoms with van der Waals surface area (Å²) in [6.07, 6.45) is 30.5. The molecule has 5 aliphatic carbocycles. The van der Waals surface area contributed by atoms with Gasteiger partial charge in [0, 0.05) is 34.1 Å². The van der Waals surface area contributed by atoms with Crippen LogP contribution >= 0.6 is 0 Å². The number of hydrogen-bond acceptors (Lipinski definition) is 2. The third kappa shape index (κ3) is 4.89. The zero-order valence-electron chi connectivity index (χ0n) is 32.3. The molecule has 1 heterocycles. The maximum Gasteiger partial charge on any atom is 0.0631 e. The minimum absolute atomic E-state index is 0.0637. The molecule has 6 aromatic carbocycles. The Kier molecular flexibility index (Phi) is 7.24. The van der Waals surface area contributed by atoms with Crippen LogP contribution in [-0.4, -0.2) is 12.1 Å². The first kappa shape index (κ1) is 32.8. The van der Waals surface area contributed by atoms with E-state index < -0.39 is 0 Å². The van der Waals surface area contributed by atoms with Crippen LogP contribution < -0.4 is 9.80 Å². The van der Waals surface area contributed by atoms with Gasteiger partial charge < -0.3 is 9.80 Å². The van der Waals surface area contributed by atoms with E-state index in [-0.39, 0.29) is 23.4 Å². The number of anilines is 3. The summed E-state index contributed by atoms with van der Waals surface area (Å²) in [5.74, 6) is 0.210. The predicted octanol–water partition coefficient (Wildman–Crippen LogP) is 13.5. The van der Waals surface area contributed by atoms with Crippen molar-refractivity contribution in [1.29, 1.82) is 0 Å². The molecule has 2 nitrogen and oxygen atoms in total. The van der Waals surface area contributed by atoms with Gasteiger partial charge in [0.1, 0.15) is 0 Å². The van der Waals surface area contributed by atoms with Crippen molar-refractivity contribution >= 4 is 55.8 Å². The molecule has 0 spiro atoms. The lowest BCUT2D eigenvalue weighted by atomic mass is 9.76. The van der Waals surface area contributed by atoms with E-state index in [4.69, 9.17) is 0 Å². The van der Waals surface area contributed by atoms with Gasteiger partial charge in [-0.3, -0.25) is 0 Å². The van der Waals surface area contributed by atoms with E-state index >= 15 is 0 Å². The molecule has 57 heavy (non-hydrogen) atoms. The molecule has 0 radical (unpaired) electrons. The number of nitrogens with zero attached hydrogens (tertiary/aromatic N) is 2. The van der Waals surface area contributed by atoms with Crippen molar-refractivity contribution in [1.82, 2.24) is 0 Å². The van der Waals surface area contributed by atoms with E-state index in [1.807, 2.05) is 0 Å².